The van der Waals surface area contributed by atoms with Crippen molar-refractivity contribution in [3.8, 4) is 5.75 Å². The number of nitrogens with zero attached hydrogens (tertiary/aromatic N) is 1. The number of hydrogen-bond acceptors (Lipinski definition) is 3. The van der Waals surface area contributed by atoms with Crippen LogP contribution in [0.1, 0.15) is 24.8 Å². The van der Waals surface area contributed by atoms with Gasteiger partial charge in [0.1, 0.15) is 6.04 Å². The first kappa shape index (κ1) is 15.3. The molecule has 1 aromatic rings. The van der Waals surface area contributed by atoms with E-state index in [1.54, 1.807) is 6.07 Å². The Hall–Kier alpha value is -2.11. The molecule has 114 valence electrons. The molecule has 1 amide bonds. The van der Waals surface area contributed by atoms with Crippen molar-refractivity contribution >= 4 is 11.9 Å². The number of halogens is 1. The number of aliphatic carboxylic acids is 1. The van der Waals surface area contributed by atoms with Gasteiger partial charge < -0.3 is 14.7 Å². The van der Waals surface area contributed by atoms with Crippen LogP contribution >= 0.6 is 0 Å². The van der Waals surface area contributed by atoms with Crippen molar-refractivity contribution in [2.45, 2.75) is 31.7 Å². The average Bonchev–Trinajstić information content (AvgIpc) is 2.94. The third kappa shape index (κ3) is 3.51. The first-order valence-corrected chi connectivity index (χ1v) is 6.87. The normalized spacial score (nSPS) is 17.8. The van der Waals surface area contributed by atoms with Gasteiger partial charge in [-0.3, -0.25) is 4.79 Å². The lowest BCUT2D eigenvalue weighted by molar-refractivity contribution is -0.148. The van der Waals surface area contributed by atoms with Gasteiger partial charge in [-0.2, -0.15) is 0 Å². The Labute approximate surface area is 122 Å². The third-order valence-electron chi connectivity index (χ3n) is 3.70. The lowest BCUT2D eigenvalue weighted by Crippen LogP contribution is -2.40. The minimum Gasteiger partial charge on any atom is -0.494 e. The summed E-state index contributed by atoms with van der Waals surface area (Å²) < 4.78 is 18.4. The number of methoxy groups -OCH3 is 1. The van der Waals surface area contributed by atoms with Crippen LogP contribution in [0.25, 0.3) is 0 Å². The van der Waals surface area contributed by atoms with Crippen molar-refractivity contribution in [2.24, 2.45) is 0 Å². The van der Waals surface area contributed by atoms with Crippen LogP contribution in [0.3, 0.4) is 0 Å². The molecule has 0 aliphatic carbocycles. The first-order chi connectivity index (χ1) is 10.0. The summed E-state index contributed by atoms with van der Waals surface area (Å²) in [5.41, 5.74) is 0.688. The molecule has 21 heavy (non-hydrogen) atoms. The fourth-order valence-electron chi connectivity index (χ4n) is 2.58. The smallest absolute Gasteiger partial charge is 0.326 e. The van der Waals surface area contributed by atoms with E-state index < -0.39 is 17.8 Å². The first-order valence-electron chi connectivity index (χ1n) is 6.87. The molecule has 1 aromatic carbocycles. The maximum Gasteiger partial charge on any atom is 0.326 e. The van der Waals surface area contributed by atoms with E-state index in [9.17, 15) is 14.0 Å². The number of carboxylic acids is 1. The van der Waals surface area contributed by atoms with Gasteiger partial charge in [0.15, 0.2) is 11.6 Å². The van der Waals surface area contributed by atoms with Crippen molar-refractivity contribution in [3.05, 3.63) is 29.6 Å². The Kier molecular flexibility index (Phi) is 4.77. The van der Waals surface area contributed by atoms with E-state index in [-0.39, 0.29) is 18.1 Å². The molecule has 1 aliphatic rings. The monoisotopic (exact) mass is 295 g/mol. The molecule has 1 N–H and O–H groups in total. The SMILES string of the molecule is COc1ccc(CCC(=O)N2CCC[C@H]2C(=O)O)cc1F. The highest BCUT2D eigenvalue weighted by molar-refractivity contribution is 5.84. The predicted octanol–water partition coefficient (Wildman–Crippen LogP) is 1.84. The van der Waals surface area contributed by atoms with E-state index in [4.69, 9.17) is 9.84 Å². The van der Waals surface area contributed by atoms with Crippen LogP contribution in [0.5, 0.6) is 5.75 Å². The number of amides is 1. The summed E-state index contributed by atoms with van der Waals surface area (Å²) in [6.07, 6.45) is 1.76. The minimum atomic E-state index is -0.962. The van der Waals surface area contributed by atoms with Crippen LogP contribution in [0.4, 0.5) is 4.39 Å². The van der Waals surface area contributed by atoms with Crippen molar-refractivity contribution in [3.63, 3.8) is 0 Å². The Balaban J connectivity index is 1.95. The van der Waals surface area contributed by atoms with Gasteiger partial charge in [0, 0.05) is 13.0 Å². The summed E-state index contributed by atoms with van der Waals surface area (Å²) in [6.45, 7) is 0.479. The number of carboxylic acid groups (broad SMARTS) is 1. The third-order valence-corrected chi connectivity index (χ3v) is 3.70. The molecule has 0 bridgehead atoms. The molecule has 1 heterocycles. The molecular formula is C15H18FNO4. The number of rotatable bonds is 5. The zero-order chi connectivity index (χ0) is 15.4. The fourth-order valence-corrected chi connectivity index (χ4v) is 2.58. The summed E-state index contributed by atoms with van der Waals surface area (Å²) in [7, 11) is 1.39. The Bertz CT molecular complexity index is 546. The summed E-state index contributed by atoms with van der Waals surface area (Å²) in [5.74, 6) is -1.46. The molecule has 2 rings (SSSR count). The van der Waals surface area contributed by atoms with Crippen LogP contribution in [-0.2, 0) is 16.0 Å². The second-order valence-corrected chi connectivity index (χ2v) is 5.05. The number of aryl methyl sites for hydroxylation is 1. The van der Waals surface area contributed by atoms with Crippen LogP contribution in [0.15, 0.2) is 18.2 Å². The number of likely N-dealkylation sites (tertiary alicyclic amines) is 1. The van der Waals surface area contributed by atoms with Gasteiger partial charge in [-0.15, -0.1) is 0 Å². The van der Waals surface area contributed by atoms with Gasteiger partial charge in [-0.1, -0.05) is 6.07 Å². The Morgan fingerprint density at radius 1 is 1.48 bits per heavy atom. The molecule has 1 fully saturated rings. The zero-order valence-corrected chi connectivity index (χ0v) is 11.8. The maximum absolute atomic E-state index is 13.5. The number of carbonyl (C=O) groups is 2. The molecule has 1 saturated heterocycles. The van der Waals surface area contributed by atoms with Crippen molar-refractivity contribution < 1.29 is 23.8 Å². The van der Waals surface area contributed by atoms with Gasteiger partial charge in [0.05, 0.1) is 7.11 Å². The molecule has 6 heteroatoms. The number of carbonyl (C=O) groups excluding carboxylic acids is 1. The van der Waals surface area contributed by atoms with Gasteiger partial charge in [-0.25, -0.2) is 9.18 Å². The van der Waals surface area contributed by atoms with E-state index in [0.717, 1.165) is 0 Å². The molecule has 0 radical (unpaired) electrons. The van der Waals surface area contributed by atoms with E-state index in [1.165, 1.54) is 24.1 Å². The number of hydrogen-bond donors (Lipinski definition) is 1. The van der Waals surface area contributed by atoms with E-state index in [1.807, 2.05) is 0 Å². The van der Waals surface area contributed by atoms with E-state index in [2.05, 4.69) is 0 Å². The van der Waals surface area contributed by atoms with E-state index in [0.29, 0.717) is 31.4 Å². The molecule has 0 aromatic heterocycles. The Morgan fingerprint density at radius 2 is 2.24 bits per heavy atom. The minimum absolute atomic E-state index is 0.163. The maximum atomic E-state index is 13.5. The van der Waals surface area contributed by atoms with Crippen molar-refractivity contribution in [1.82, 2.24) is 4.90 Å². The van der Waals surface area contributed by atoms with E-state index >= 15 is 0 Å². The lowest BCUT2D eigenvalue weighted by atomic mass is 10.1. The second-order valence-electron chi connectivity index (χ2n) is 5.05. The van der Waals surface area contributed by atoms with Crippen molar-refractivity contribution in [1.29, 1.82) is 0 Å². The molecule has 1 aliphatic heterocycles. The van der Waals surface area contributed by atoms with Crippen LogP contribution in [-0.4, -0.2) is 41.6 Å². The molecule has 0 unspecified atom stereocenters. The summed E-state index contributed by atoms with van der Waals surface area (Å²) in [5, 5.41) is 9.05. The van der Waals surface area contributed by atoms with Gasteiger partial charge in [-0.05, 0) is 37.0 Å². The summed E-state index contributed by atoms with van der Waals surface area (Å²) in [4.78, 5) is 24.5. The predicted molar refractivity (Wildman–Crippen MR) is 73.6 cm³/mol. The zero-order valence-electron chi connectivity index (χ0n) is 11.8. The van der Waals surface area contributed by atoms with Crippen LogP contribution in [0, 0.1) is 5.82 Å². The number of ether oxygens (including phenoxy) is 1. The van der Waals surface area contributed by atoms with Crippen molar-refractivity contribution in [2.75, 3.05) is 13.7 Å². The van der Waals surface area contributed by atoms with Gasteiger partial charge >= 0.3 is 5.97 Å². The molecule has 0 spiro atoms. The number of benzene rings is 1. The lowest BCUT2D eigenvalue weighted by Gasteiger charge is -2.21. The largest absolute Gasteiger partial charge is 0.494 e. The molecule has 5 nitrogen and oxygen atoms in total. The fraction of sp³-hybridized carbons (Fsp3) is 0.467. The van der Waals surface area contributed by atoms with Crippen LogP contribution < -0.4 is 4.74 Å². The highest BCUT2D eigenvalue weighted by Crippen LogP contribution is 2.21. The summed E-state index contributed by atoms with van der Waals surface area (Å²) in [6, 6.07) is 3.84. The Morgan fingerprint density at radius 3 is 2.86 bits per heavy atom. The molecule has 0 saturated carbocycles. The topological polar surface area (TPSA) is 66.8 Å². The average molecular weight is 295 g/mol. The second kappa shape index (κ2) is 6.56. The van der Waals surface area contributed by atoms with Crippen LogP contribution in [0.2, 0.25) is 0 Å². The standard InChI is InChI=1S/C15H18FNO4/c1-21-13-6-4-10(9-11(13)16)5-7-14(18)17-8-2-3-12(17)15(19)20/h4,6,9,12H,2-3,5,7-8H2,1H3,(H,19,20)/t12-/m0/s1. The highest BCUT2D eigenvalue weighted by atomic mass is 19.1. The molecular weight excluding hydrogens is 277 g/mol. The highest BCUT2D eigenvalue weighted by Gasteiger charge is 2.33. The quantitative estimate of drug-likeness (QED) is 0.900. The van der Waals surface area contributed by atoms with Gasteiger partial charge in [0.2, 0.25) is 5.91 Å². The molecule has 1 atom stereocenters. The van der Waals surface area contributed by atoms with Gasteiger partial charge in [0.25, 0.3) is 0 Å². The summed E-state index contributed by atoms with van der Waals surface area (Å²) >= 11 is 0.